The minimum Gasteiger partial charge on any atom is -0.458 e. The molecule has 0 radical (unpaired) electrons. The summed E-state index contributed by atoms with van der Waals surface area (Å²) in [7, 11) is 0. The molecule has 0 saturated heterocycles. The smallest absolute Gasteiger partial charge is 0.331 e. The average molecular weight is 493 g/mol. The molecular formula is C29H36N2O5. The maximum Gasteiger partial charge on any atom is 0.331 e. The molecule has 0 atom stereocenters. The van der Waals surface area contributed by atoms with E-state index < -0.39 is 5.97 Å². The molecular weight excluding hydrogens is 456 g/mol. The molecule has 0 aliphatic heterocycles. The topological polar surface area (TPSA) is 114 Å². The van der Waals surface area contributed by atoms with E-state index in [0.29, 0.717) is 17.1 Å². The van der Waals surface area contributed by atoms with Gasteiger partial charge in [-0.2, -0.15) is 0 Å². The highest BCUT2D eigenvalue weighted by atomic mass is 16.5. The Kier molecular flexibility index (Phi) is 10.6. The molecule has 4 N–H and O–H groups in total. The fourth-order valence-corrected chi connectivity index (χ4v) is 4.15. The van der Waals surface area contributed by atoms with Crippen LogP contribution in [0, 0.1) is 5.92 Å². The first-order valence-corrected chi connectivity index (χ1v) is 12.5. The number of anilines is 2. The van der Waals surface area contributed by atoms with Gasteiger partial charge < -0.3 is 25.7 Å². The van der Waals surface area contributed by atoms with Gasteiger partial charge in [0.05, 0.1) is 12.0 Å². The molecule has 0 aromatic heterocycles. The quantitative estimate of drug-likeness (QED) is 0.101. The summed E-state index contributed by atoms with van der Waals surface area (Å²) in [4.78, 5) is 24.6. The zero-order valence-electron chi connectivity index (χ0n) is 20.7. The van der Waals surface area contributed by atoms with Crippen LogP contribution in [-0.2, 0) is 25.7 Å². The first-order valence-electron chi connectivity index (χ1n) is 12.5. The highest BCUT2D eigenvalue weighted by Gasteiger charge is 2.28. The summed E-state index contributed by atoms with van der Waals surface area (Å²) in [5, 5.41) is 0. The van der Waals surface area contributed by atoms with Gasteiger partial charge in [0.2, 0.25) is 0 Å². The normalized spacial score (nSPS) is 17.6. The lowest BCUT2D eigenvalue weighted by atomic mass is 9.87. The standard InChI is InChI=1S/C29H36N2O5/c1-2-3-4-5-16-34-26-13-9-23(10-14-26)29(33)36-27-11-6-21(7-12-27)8-15-28(32)35-20-22-17-24(30)19-25(31)18-22/h2,6-8,11-12,15,17-19,23,26H,1,3-5,9-10,13-14,16,20,30-31H2. The monoisotopic (exact) mass is 492 g/mol. The van der Waals surface area contributed by atoms with Gasteiger partial charge in [-0.25, -0.2) is 4.79 Å². The van der Waals surface area contributed by atoms with Crippen LogP contribution in [0.2, 0.25) is 0 Å². The number of carbonyl (C=O) groups is 2. The summed E-state index contributed by atoms with van der Waals surface area (Å²) in [6.45, 7) is 4.58. The molecule has 7 nitrogen and oxygen atoms in total. The first kappa shape index (κ1) is 27.0. The number of hydrogen-bond donors (Lipinski definition) is 2. The summed E-state index contributed by atoms with van der Waals surface area (Å²) >= 11 is 0. The van der Waals surface area contributed by atoms with Crippen LogP contribution in [0.5, 0.6) is 5.75 Å². The minimum absolute atomic E-state index is 0.0804. The molecule has 3 rings (SSSR count). The fraction of sp³-hybridized carbons (Fsp3) is 0.379. The van der Waals surface area contributed by atoms with E-state index >= 15 is 0 Å². The highest BCUT2D eigenvalue weighted by molar-refractivity contribution is 5.87. The SMILES string of the molecule is C=CCCCCOC1CCC(C(=O)Oc2ccc(C=CC(=O)OCc3cc(N)cc(N)c3)cc2)CC1. The molecule has 0 bridgehead atoms. The van der Waals surface area contributed by atoms with Gasteiger partial charge in [0.15, 0.2) is 0 Å². The van der Waals surface area contributed by atoms with Crippen molar-refractivity contribution < 1.29 is 23.8 Å². The summed E-state index contributed by atoms with van der Waals surface area (Å²) in [6, 6.07) is 12.1. The molecule has 192 valence electrons. The molecule has 2 aromatic rings. The third-order valence-electron chi connectivity index (χ3n) is 6.09. The molecule has 1 aliphatic rings. The number of unbranched alkanes of at least 4 members (excludes halogenated alkanes) is 2. The fourth-order valence-electron chi connectivity index (χ4n) is 4.15. The Morgan fingerprint density at radius 1 is 0.972 bits per heavy atom. The number of esters is 2. The number of allylic oxidation sites excluding steroid dienone is 1. The van der Waals surface area contributed by atoms with Crippen molar-refractivity contribution in [3.05, 3.63) is 72.3 Å². The van der Waals surface area contributed by atoms with Gasteiger partial charge >= 0.3 is 11.9 Å². The molecule has 1 aliphatic carbocycles. The molecule has 0 heterocycles. The van der Waals surface area contributed by atoms with Crippen LogP contribution in [0.3, 0.4) is 0 Å². The van der Waals surface area contributed by atoms with Gasteiger partial charge in [-0.15, -0.1) is 6.58 Å². The lowest BCUT2D eigenvalue weighted by Crippen LogP contribution is -2.29. The van der Waals surface area contributed by atoms with Gasteiger partial charge in [-0.3, -0.25) is 4.79 Å². The Bertz CT molecular complexity index is 1020. The average Bonchev–Trinajstić information content (AvgIpc) is 2.87. The molecule has 2 aromatic carbocycles. The van der Waals surface area contributed by atoms with E-state index in [1.54, 1.807) is 48.5 Å². The van der Waals surface area contributed by atoms with Crippen LogP contribution in [0.25, 0.3) is 6.08 Å². The van der Waals surface area contributed by atoms with Crippen LogP contribution >= 0.6 is 0 Å². The number of benzene rings is 2. The van der Waals surface area contributed by atoms with Gasteiger partial charge in [0, 0.05) is 24.1 Å². The maximum atomic E-state index is 12.6. The molecule has 1 fully saturated rings. The van der Waals surface area contributed by atoms with E-state index in [9.17, 15) is 9.59 Å². The first-order chi connectivity index (χ1) is 17.4. The van der Waals surface area contributed by atoms with Crippen molar-refractivity contribution in [2.75, 3.05) is 18.1 Å². The lowest BCUT2D eigenvalue weighted by molar-refractivity contribution is -0.141. The number of rotatable bonds is 12. The van der Waals surface area contributed by atoms with Gasteiger partial charge in [0.25, 0.3) is 0 Å². The molecule has 0 unspecified atom stereocenters. The zero-order valence-corrected chi connectivity index (χ0v) is 20.7. The molecule has 1 saturated carbocycles. The molecule has 36 heavy (non-hydrogen) atoms. The van der Waals surface area contributed by atoms with Gasteiger partial charge in [-0.1, -0.05) is 18.2 Å². The number of ether oxygens (including phenoxy) is 3. The maximum absolute atomic E-state index is 12.6. The van der Waals surface area contributed by atoms with Crippen LogP contribution in [0.4, 0.5) is 11.4 Å². The Morgan fingerprint density at radius 2 is 1.67 bits per heavy atom. The predicted molar refractivity (Wildman–Crippen MR) is 142 cm³/mol. The van der Waals surface area contributed by atoms with Crippen LogP contribution < -0.4 is 16.2 Å². The van der Waals surface area contributed by atoms with Gasteiger partial charge in [0.1, 0.15) is 12.4 Å². The number of carbonyl (C=O) groups excluding carboxylic acids is 2. The zero-order chi connectivity index (χ0) is 25.8. The molecule has 0 amide bonds. The van der Waals surface area contributed by atoms with Crippen LogP contribution in [0.1, 0.15) is 56.1 Å². The van der Waals surface area contributed by atoms with Crippen molar-refractivity contribution in [2.24, 2.45) is 5.92 Å². The Hall–Kier alpha value is -3.58. The summed E-state index contributed by atoms with van der Waals surface area (Å²) in [6.07, 6.45) is 11.6. The summed E-state index contributed by atoms with van der Waals surface area (Å²) in [5.41, 5.74) is 14.0. The Labute approximate surface area is 213 Å². The highest BCUT2D eigenvalue weighted by Crippen LogP contribution is 2.28. The lowest BCUT2D eigenvalue weighted by Gasteiger charge is -2.27. The van der Waals surface area contributed by atoms with E-state index in [1.165, 1.54) is 6.08 Å². The van der Waals surface area contributed by atoms with Crippen molar-refractivity contribution >= 4 is 29.4 Å². The van der Waals surface area contributed by atoms with E-state index in [2.05, 4.69) is 6.58 Å². The van der Waals surface area contributed by atoms with Crippen molar-refractivity contribution in [1.29, 1.82) is 0 Å². The Balaban J connectivity index is 1.38. The molecule has 0 spiro atoms. The number of nitrogens with two attached hydrogens (primary N) is 2. The minimum atomic E-state index is -0.483. The molecule has 7 heteroatoms. The second-order valence-corrected chi connectivity index (χ2v) is 9.07. The van der Waals surface area contributed by atoms with Crippen LogP contribution in [0.15, 0.2) is 61.2 Å². The van der Waals surface area contributed by atoms with E-state index in [4.69, 9.17) is 25.7 Å². The van der Waals surface area contributed by atoms with E-state index in [1.807, 2.05) is 6.08 Å². The summed E-state index contributed by atoms with van der Waals surface area (Å²) in [5.74, 6) is -0.300. The third-order valence-corrected chi connectivity index (χ3v) is 6.09. The van der Waals surface area contributed by atoms with Crippen LogP contribution in [-0.4, -0.2) is 24.6 Å². The van der Waals surface area contributed by atoms with E-state index in [-0.39, 0.29) is 24.6 Å². The number of hydrogen-bond acceptors (Lipinski definition) is 7. The van der Waals surface area contributed by atoms with Crippen molar-refractivity contribution in [3.63, 3.8) is 0 Å². The second kappa shape index (κ2) is 14.1. The van der Waals surface area contributed by atoms with Gasteiger partial charge in [-0.05, 0) is 92.5 Å². The van der Waals surface area contributed by atoms with Crippen molar-refractivity contribution in [2.45, 2.75) is 57.7 Å². The van der Waals surface area contributed by atoms with Crippen molar-refractivity contribution in [3.8, 4) is 5.75 Å². The number of nitrogen functional groups attached to an aromatic ring is 2. The largest absolute Gasteiger partial charge is 0.458 e. The predicted octanol–water partition coefficient (Wildman–Crippen LogP) is 5.44. The Morgan fingerprint density at radius 3 is 2.33 bits per heavy atom. The van der Waals surface area contributed by atoms with Crippen molar-refractivity contribution in [1.82, 2.24) is 0 Å². The summed E-state index contributed by atoms with van der Waals surface area (Å²) < 4.78 is 16.7. The second-order valence-electron chi connectivity index (χ2n) is 9.07. The third kappa shape index (κ3) is 9.23. The van der Waals surface area contributed by atoms with E-state index in [0.717, 1.165) is 62.7 Å².